The Morgan fingerprint density at radius 1 is 1.19 bits per heavy atom. The predicted molar refractivity (Wildman–Crippen MR) is 98.5 cm³/mol. The van der Waals surface area contributed by atoms with E-state index >= 15 is 0 Å². The molecule has 144 valence electrons. The van der Waals surface area contributed by atoms with Gasteiger partial charge in [-0.25, -0.2) is 18.2 Å². The van der Waals surface area contributed by atoms with E-state index in [0.29, 0.717) is 29.1 Å². The molecule has 0 atom stereocenters. The molecule has 27 heavy (non-hydrogen) atoms. The SMILES string of the molecule is CCN(C)C=Nc1cc(C)c(C(=O)Cc2c(F)cc(F)cc2F)cc1OC. The third-order valence-electron chi connectivity index (χ3n) is 4.16. The molecular formula is C20H21F3N2O2. The molecule has 2 aromatic carbocycles. The van der Waals surface area contributed by atoms with Gasteiger partial charge in [-0.3, -0.25) is 4.79 Å². The average molecular weight is 378 g/mol. The molecule has 0 N–H and O–H groups in total. The van der Waals surface area contributed by atoms with Crippen LogP contribution in [0.5, 0.6) is 5.75 Å². The molecule has 0 amide bonds. The monoisotopic (exact) mass is 378 g/mol. The number of Topliss-reactive ketones (excluding diaryl/α,β-unsaturated/α-hetero) is 1. The van der Waals surface area contributed by atoms with Gasteiger partial charge >= 0.3 is 0 Å². The van der Waals surface area contributed by atoms with Crippen LogP contribution in [0.1, 0.15) is 28.4 Å². The number of aliphatic imine (C=N–C) groups is 1. The number of hydrogen-bond donors (Lipinski definition) is 0. The lowest BCUT2D eigenvalue weighted by atomic mass is 9.97. The van der Waals surface area contributed by atoms with Gasteiger partial charge in [-0.15, -0.1) is 0 Å². The van der Waals surface area contributed by atoms with Gasteiger partial charge in [-0.1, -0.05) is 0 Å². The highest BCUT2D eigenvalue weighted by Crippen LogP contribution is 2.31. The van der Waals surface area contributed by atoms with Crippen LogP contribution in [0.3, 0.4) is 0 Å². The first-order valence-electron chi connectivity index (χ1n) is 8.36. The summed E-state index contributed by atoms with van der Waals surface area (Å²) in [5.74, 6) is -3.34. The summed E-state index contributed by atoms with van der Waals surface area (Å²) in [7, 11) is 3.31. The average Bonchev–Trinajstić information content (AvgIpc) is 2.62. The van der Waals surface area contributed by atoms with Crippen LogP contribution in [0.15, 0.2) is 29.3 Å². The summed E-state index contributed by atoms with van der Waals surface area (Å²) in [5, 5.41) is 0. The van der Waals surface area contributed by atoms with Gasteiger partial charge in [0.1, 0.15) is 28.9 Å². The van der Waals surface area contributed by atoms with Gasteiger partial charge in [0.15, 0.2) is 5.78 Å². The number of hydrogen-bond acceptors (Lipinski definition) is 3. The minimum absolute atomic E-state index is 0.262. The van der Waals surface area contributed by atoms with Crippen LogP contribution in [0.4, 0.5) is 18.9 Å². The normalized spacial score (nSPS) is 11.1. The van der Waals surface area contributed by atoms with Crippen molar-refractivity contribution in [3.63, 3.8) is 0 Å². The van der Waals surface area contributed by atoms with Gasteiger partial charge in [-0.05, 0) is 31.5 Å². The molecule has 0 aliphatic carbocycles. The van der Waals surface area contributed by atoms with Crippen LogP contribution in [-0.4, -0.2) is 37.7 Å². The molecule has 2 rings (SSSR count). The van der Waals surface area contributed by atoms with Crippen molar-refractivity contribution in [2.24, 2.45) is 4.99 Å². The minimum Gasteiger partial charge on any atom is -0.494 e. The van der Waals surface area contributed by atoms with Crippen LogP contribution >= 0.6 is 0 Å². The van der Waals surface area contributed by atoms with Crippen LogP contribution in [0.2, 0.25) is 0 Å². The third kappa shape index (κ3) is 4.87. The van der Waals surface area contributed by atoms with Gasteiger partial charge in [0.2, 0.25) is 0 Å². The van der Waals surface area contributed by atoms with E-state index in [4.69, 9.17) is 4.74 Å². The maximum atomic E-state index is 13.8. The van der Waals surface area contributed by atoms with Crippen molar-refractivity contribution in [3.8, 4) is 5.75 Å². The number of carbonyl (C=O) groups excluding carboxylic acids is 1. The van der Waals surface area contributed by atoms with E-state index < -0.39 is 35.2 Å². The number of halogens is 3. The first-order chi connectivity index (χ1) is 12.8. The molecule has 0 fully saturated rings. The number of rotatable bonds is 7. The summed E-state index contributed by atoms with van der Waals surface area (Å²) >= 11 is 0. The molecule has 0 bridgehead atoms. The van der Waals surface area contributed by atoms with Crippen LogP contribution in [0.25, 0.3) is 0 Å². The number of benzene rings is 2. The molecule has 0 saturated heterocycles. The van der Waals surface area contributed by atoms with Gasteiger partial charge in [0.05, 0.1) is 13.4 Å². The molecule has 0 saturated carbocycles. The Balaban J connectivity index is 2.36. The fraction of sp³-hybridized carbons (Fsp3) is 0.300. The lowest BCUT2D eigenvalue weighted by Gasteiger charge is -2.13. The second kappa shape index (κ2) is 8.70. The van der Waals surface area contributed by atoms with Gasteiger partial charge in [-0.2, -0.15) is 0 Å². The summed E-state index contributed by atoms with van der Waals surface area (Å²) in [6, 6.07) is 4.28. The lowest BCUT2D eigenvalue weighted by molar-refractivity contribution is 0.0989. The minimum atomic E-state index is -1.09. The van der Waals surface area contributed by atoms with Gasteiger partial charge in [0, 0.05) is 43.3 Å². The maximum Gasteiger partial charge on any atom is 0.167 e. The number of aryl methyl sites for hydroxylation is 1. The standard InChI is InChI=1S/C20H21F3N2O2/c1-5-25(3)11-24-18-6-12(2)14(10-20(18)27-4)19(26)9-15-16(22)7-13(21)8-17(15)23/h6-8,10-11H,5,9H2,1-4H3. The van der Waals surface area contributed by atoms with E-state index in [9.17, 15) is 18.0 Å². The molecule has 7 heteroatoms. The van der Waals surface area contributed by atoms with Crippen LogP contribution in [0, 0.1) is 24.4 Å². The molecule has 0 spiro atoms. The summed E-state index contributed by atoms with van der Waals surface area (Å²) in [6.07, 6.45) is 1.12. The number of ether oxygens (including phenoxy) is 1. The van der Waals surface area contributed by atoms with Crippen molar-refractivity contribution in [3.05, 3.63) is 58.4 Å². The Labute approximate surface area is 156 Å². The summed E-state index contributed by atoms with van der Waals surface area (Å²) in [6.45, 7) is 4.45. The Bertz CT molecular complexity index is 859. The van der Waals surface area contributed by atoms with E-state index in [-0.39, 0.29) is 5.56 Å². The lowest BCUT2D eigenvalue weighted by Crippen LogP contribution is -2.14. The first kappa shape index (κ1) is 20.5. The van der Waals surface area contributed by atoms with E-state index in [1.807, 2.05) is 18.9 Å². The van der Waals surface area contributed by atoms with Crippen molar-refractivity contribution in [2.45, 2.75) is 20.3 Å². The van der Waals surface area contributed by atoms with Gasteiger partial charge in [0.25, 0.3) is 0 Å². The fourth-order valence-electron chi connectivity index (χ4n) is 2.48. The predicted octanol–water partition coefficient (Wildman–Crippen LogP) is 4.46. The Kier molecular flexibility index (Phi) is 6.60. The summed E-state index contributed by atoms with van der Waals surface area (Å²) in [4.78, 5) is 18.8. The fourth-order valence-corrected chi connectivity index (χ4v) is 2.48. The maximum absolute atomic E-state index is 13.8. The van der Waals surface area contributed by atoms with Crippen molar-refractivity contribution < 1.29 is 22.7 Å². The van der Waals surface area contributed by atoms with Crippen molar-refractivity contribution >= 4 is 17.8 Å². The van der Waals surface area contributed by atoms with E-state index in [1.54, 1.807) is 19.3 Å². The van der Waals surface area contributed by atoms with E-state index in [2.05, 4.69) is 4.99 Å². The zero-order valence-electron chi connectivity index (χ0n) is 15.6. The Morgan fingerprint density at radius 2 is 1.81 bits per heavy atom. The zero-order chi connectivity index (χ0) is 20.1. The highest BCUT2D eigenvalue weighted by atomic mass is 19.1. The highest BCUT2D eigenvalue weighted by Gasteiger charge is 2.19. The molecule has 0 unspecified atom stereocenters. The second-order valence-electron chi connectivity index (χ2n) is 6.10. The summed E-state index contributed by atoms with van der Waals surface area (Å²) in [5.41, 5.74) is 0.922. The van der Waals surface area contributed by atoms with Crippen molar-refractivity contribution in [2.75, 3.05) is 20.7 Å². The number of nitrogens with zero attached hydrogens (tertiary/aromatic N) is 2. The molecule has 0 aliphatic rings. The first-order valence-corrected chi connectivity index (χ1v) is 8.36. The van der Waals surface area contributed by atoms with E-state index in [1.165, 1.54) is 13.2 Å². The number of methoxy groups -OCH3 is 1. The quantitative estimate of drug-likeness (QED) is 0.406. The largest absolute Gasteiger partial charge is 0.494 e. The zero-order valence-corrected chi connectivity index (χ0v) is 15.6. The third-order valence-corrected chi connectivity index (χ3v) is 4.16. The van der Waals surface area contributed by atoms with Crippen molar-refractivity contribution in [1.82, 2.24) is 4.90 Å². The van der Waals surface area contributed by atoms with E-state index in [0.717, 1.165) is 6.54 Å². The molecule has 0 heterocycles. The van der Waals surface area contributed by atoms with Crippen LogP contribution < -0.4 is 4.74 Å². The van der Waals surface area contributed by atoms with Crippen LogP contribution in [-0.2, 0) is 6.42 Å². The topological polar surface area (TPSA) is 41.9 Å². The molecule has 0 radical (unpaired) electrons. The molecule has 0 aliphatic heterocycles. The Morgan fingerprint density at radius 3 is 2.37 bits per heavy atom. The number of ketones is 1. The van der Waals surface area contributed by atoms with Crippen molar-refractivity contribution in [1.29, 1.82) is 0 Å². The smallest absolute Gasteiger partial charge is 0.167 e. The molecule has 0 aromatic heterocycles. The highest BCUT2D eigenvalue weighted by molar-refractivity contribution is 5.99. The summed E-state index contributed by atoms with van der Waals surface area (Å²) < 4.78 is 46.0. The molecule has 2 aromatic rings. The second-order valence-corrected chi connectivity index (χ2v) is 6.10. The number of carbonyl (C=O) groups is 1. The molecular weight excluding hydrogens is 357 g/mol. The van der Waals surface area contributed by atoms with Gasteiger partial charge < -0.3 is 9.64 Å². The Hall–Kier alpha value is -2.83. The molecule has 4 nitrogen and oxygen atoms in total.